The number of morpholine rings is 1. The van der Waals surface area contributed by atoms with Gasteiger partial charge in [0.25, 0.3) is 5.91 Å². The number of hydrogen-bond donors (Lipinski definition) is 0. The monoisotopic (exact) mass is 281 g/mol. The van der Waals surface area contributed by atoms with E-state index in [0.717, 1.165) is 16.7 Å². The van der Waals surface area contributed by atoms with Gasteiger partial charge in [0.2, 0.25) is 0 Å². The van der Waals surface area contributed by atoms with Gasteiger partial charge in [0, 0.05) is 12.1 Å². The van der Waals surface area contributed by atoms with Crippen molar-refractivity contribution in [1.29, 1.82) is 0 Å². The summed E-state index contributed by atoms with van der Waals surface area (Å²) in [6.45, 7) is 3.84. The minimum absolute atomic E-state index is 0.0336. The molecule has 108 valence electrons. The number of carbonyl (C=O) groups is 1. The van der Waals surface area contributed by atoms with Crippen LogP contribution in [0.15, 0.2) is 54.6 Å². The number of ether oxygens (including phenoxy) is 1. The molecule has 0 aromatic heterocycles. The smallest absolute Gasteiger partial charge is 0.254 e. The van der Waals surface area contributed by atoms with Crippen molar-refractivity contribution >= 4 is 5.91 Å². The maximum absolute atomic E-state index is 12.6. The molecule has 1 aliphatic heterocycles. The van der Waals surface area contributed by atoms with Gasteiger partial charge in [0.15, 0.2) is 0 Å². The Kier molecular flexibility index (Phi) is 4.02. The van der Waals surface area contributed by atoms with Gasteiger partial charge in [0.1, 0.15) is 6.10 Å². The maximum atomic E-state index is 12.6. The summed E-state index contributed by atoms with van der Waals surface area (Å²) < 4.78 is 5.81. The van der Waals surface area contributed by atoms with Crippen molar-refractivity contribution in [3.8, 4) is 0 Å². The molecule has 0 aliphatic carbocycles. The zero-order chi connectivity index (χ0) is 14.7. The Bertz CT molecular complexity index is 624. The van der Waals surface area contributed by atoms with E-state index in [9.17, 15) is 4.79 Å². The highest BCUT2D eigenvalue weighted by atomic mass is 16.5. The molecule has 0 radical (unpaired) electrons. The van der Waals surface area contributed by atoms with Gasteiger partial charge in [0.05, 0.1) is 13.2 Å². The minimum atomic E-state index is -0.0336. The normalized spacial score (nSPS) is 18.5. The predicted molar refractivity (Wildman–Crippen MR) is 82.2 cm³/mol. The summed E-state index contributed by atoms with van der Waals surface area (Å²) in [5.41, 5.74) is 2.98. The first-order valence-electron chi connectivity index (χ1n) is 7.26. The molecule has 1 atom stereocenters. The summed E-state index contributed by atoms with van der Waals surface area (Å²) in [5, 5.41) is 0. The molecule has 0 N–H and O–H groups in total. The number of aryl methyl sites for hydroxylation is 1. The van der Waals surface area contributed by atoms with Crippen LogP contribution in [0.4, 0.5) is 0 Å². The summed E-state index contributed by atoms with van der Waals surface area (Å²) in [4.78, 5) is 14.5. The molecule has 1 aliphatic rings. The van der Waals surface area contributed by atoms with Crippen LogP contribution in [0.2, 0.25) is 0 Å². The number of rotatable bonds is 2. The number of carbonyl (C=O) groups excluding carboxylic acids is 1. The second kappa shape index (κ2) is 6.10. The zero-order valence-corrected chi connectivity index (χ0v) is 12.2. The molecule has 3 nitrogen and oxygen atoms in total. The Balaban J connectivity index is 1.75. The highest BCUT2D eigenvalue weighted by Crippen LogP contribution is 2.23. The molecule has 1 saturated heterocycles. The fourth-order valence-corrected chi connectivity index (χ4v) is 2.66. The first-order valence-corrected chi connectivity index (χ1v) is 7.26. The fourth-order valence-electron chi connectivity index (χ4n) is 2.66. The van der Waals surface area contributed by atoms with Gasteiger partial charge in [-0.3, -0.25) is 4.79 Å². The second-order valence-corrected chi connectivity index (χ2v) is 5.39. The molecule has 2 aromatic carbocycles. The molecule has 3 heteroatoms. The molecule has 0 unspecified atom stereocenters. The molecule has 1 amide bonds. The van der Waals surface area contributed by atoms with E-state index in [-0.39, 0.29) is 12.0 Å². The third-order valence-electron chi connectivity index (χ3n) is 3.79. The third kappa shape index (κ3) is 3.14. The molecule has 0 spiro atoms. The van der Waals surface area contributed by atoms with E-state index < -0.39 is 0 Å². The third-order valence-corrected chi connectivity index (χ3v) is 3.79. The topological polar surface area (TPSA) is 29.5 Å². The molecule has 21 heavy (non-hydrogen) atoms. The number of amides is 1. The van der Waals surface area contributed by atoms with E-state index in [1.807, 2.05) is 66.4 Å². The summed E-state index contributed by atoms with van der Waals surface area (Å²) in [6, 6.07) is 17.8. The maximum Gasteiger partial charge on any atom is 0.254 e. The van der Waals surface area contributed by atoms with E-state index in [4.69, 9.17) is 4.74 Å². The van der Waals surface area contributed by atoms with Crippen LogP contribution in [-0.4, -0.2) is 30.5 Å². The molecule has 2 aromatic rings. The molecule has 3 rings (SSSR count). The SMILES string of the molecule is Cc1cccc(C(=O)N2CCO[C@@H](c3ccccc3)C2)c1. The van der Waals surface area contributed by atoms with Crippen molar-refractivity contribution in [2.24, 2.45) is 0 Å². The van der Waals surface area contributed by atoms with E-state index in [0.29, 0.717) is 19.7 Å². The van der Waals surface area contributed by atoms with Gasteiger partial charge in [-0.1, -0.05) is 48.0 Å². The first kappa shape index (κ1) is 13.8. The van der Waals surface area contributed by atoms with Gasteiger partial charge < -0.3 is 9.64 Å². The van der Waals surface area contributed by atoms with Gasteiger partial charge >= 0.3 is 0 Å². The lowest BCUT2D eigenvalue weighted by molar-refractivity contribution is -0.0228. The van der Waals surface area contributed by atoms with E-state index in [2.05, 4.69) is 0 Å². The lowest BCUT2D eigenvalue weighted by Crippen LogP contribution is -2.42. The highest BCUT2D eigenvalue weighted by Gasteiger charge is 2.25. The summed E-state index contributed by atoms with van der Waals surface area (Å²) in [7, 11) is 0. The van der Waals surface area contributed by atoms with E-state index in [1.54, 1.807) is 0 Å². The molecular weight excluding hydrogens is 262 g/mol. The van der Waals surface area contributed by atoms with E-state index in [1.165, 1.54) is 0 Å². The zero-order valence-electron chi connectivity index (χ0n) is 12.2. The van der Waals surface area contributed by atoms with Crippen molar-refractivity contribution in [2.45, 2.75) is 13.0 Å². The fraction of sp³-hybridized carbons (Fsp3) is 0.278. The quantitative estimate of drug-likeness (QED) is 0.846. The van der Waals surface area contributed by atoms with Crippen molar-refractivity contribution in [3.63, 3.8) is 0 Å². The second-order valence-electron chi connectivity index (χ2n) is 5.39. The Labute approximate surface area is 125 Å². The van der Waals surface area contributed by atoms with Gasteiger partial charge in [-0.15, -0.1) is 0 Å². The number of nitrogens with zero attached hydrogens (tertiary/aromatic N) is 1. The lowest BCUT2D eigenvalue weighted by atomic mass is 10.1. The van der Waals surface area contributed by atoms with Gasteiger partial charge in [-0.2, -0.15) is 0 Å². The molecule has 0 saturated carbocycles. The highest BCUT2D eigenvalue weighted by molar-refractivity contribution is 5.94. The standard InChI is InChI=1S/C18H19NO2/c1-14-6-5-9-16(12-14)18(20)19-10-11-21-17(13-19)15-7-3-2-4-8-15/h2-9,12,17H,10-11,13H2,1H3/t17-/m1/s1. The number of benzene rings is 2. The average molecular weight is 281 g/mol. The Morgan fingerprint density at radius 2 is 1.95 bits per heavy atom. The van der Waals surface area contributed by atoms with Crippen LogP contribution in [0, 0.1) is 6.92 Å². The molecule has 1 fully saturated rings. The van der Waals surface area contributed by atoms with Crippen molar-refractivity contribution in [1.82, 2.24) is 4.90 Å². The van der Waals surface area contributed by atoms with Crippen LogP contribution < -0.4 is 0 Å². The van der Waals surface area contributed by atoms with Crippen LogP contribution in [-0.2, 0) is 4.74 Å². The average Bonchev–Trinajstić information content (AvgIpc) is 2.55. The van der Waals surface area contributed by atoms with Crippen LogP contribution in [0.25, 0.3) is 0 Å². The van der Waals surface area contributed by atoms with E-state index >= 15 is 0 Å². The Hall–Kier alpha value is -2.13. The summed E-state index contributed by atoms with van der Waals surface area (Å²) in [5.74, 6) is 0.0860. The first-order chi connectivity index (χ1) is 10.2. The molecular formula is C18H19NO2. The molecule has 1 heterocycles. The van der Waals surface area contributed by atoms with Crippen LogP contribution >= 0.6 is 0 Å². The van der Waals surface area contributed by atoms with Crippen molar-refractivity contribution in [3.05, 3.63) is 71.3 Å². The minimum Gasteiger partial charge on any atom is -0.370 e. The van der Waals surface area contributed by atoms with Crippen LogP contribution in [0.5, 0.6) is 0 Å². The Morgan fingerprint density at radius 1 is 1.14 bits per heavy atom. The predicted octanol–water partition coefficient (Wildman–Crippen LogP) is 3.21. The Morgan fingerprint density at radius 3 is 2.71 bits per heavy atom. The van der Waals surface area contributed by atoms with Gasteiger partial charge in [-0.05, 0) is 24.6 Å². The molecule has 0 bridgehead atoms. The van der Waals surface area contributed by atoms with Gasteiger partial charge in [-0.25, -0.2) is 0 Å². The van der Waals surface area contributed by atoms with Crippen molar-refractivity contribution < 1.29 is 9.53 Å². The van der Waals surface area contributed by atoms with Crippen LogP contribution in [0.1, 0.15) is 27.6 Å². The van der Waals surface area contributed by atoms with Crippen molar-refractivity contribution in [2.75, 3.05) is 19.7 Å². The lowest BCUT2D eigenvalue weighted by Gasteiger charge is -2.33. The summed E-state index contributed by atoms with van der Waals surface area (Å²) in [6.07, 6.45) is -0.0336. The summed E-state index contributed by atoms with van der Waals surface area (Å²) >= 11 is 0. The van der Waals surface area contributed by atoms with Crippen LogP contribution in [0.3, 0.4) is 0 Å². The number of hydrogen-bond acceptors (Lipinski definition) is 2. The largest absolute Gasteiger partial charge is 0.370 e.